The third-order valence-corrected chi connectivity index (χ3v) is 3.66. The Bertz CT molecular complexity index is 607. The Morgan fingerprint density at radius 2 is 1.91 bits per heavy atom. The summed E-state index contributed by atoms with van der Waals surface area (Å²) in [5.74, 6) is 0.130. The lowest BCUT2D eigenvalue weighted by atomic mass is 9.98. The van der Waals surface area contributed by atoms with E-state index in [-0.39, 0.29) is 12.2 Å². The molecule has 2 atom stereocenters. The van der Waals surface area contributed by atoms with Crippen LogP contribution in [0.2, 0.25) is 5.02 Å². The molecule has 0 radical (unpaired) electrons. The largest absolute Gasteiger partial charge is 0.487 e. The summed E-state index contributed by atoms with van der Waals surface area (Å²) >= 11 is 6.17. The van der Waals surface area contributed by atoms with Crippen LogP contribution in [0, 0.1) is 5.92 Å². The summed E-state index contributed by atoms with van der Waals surface area (Å²) in [6.07, 6.45) is 0.0876. The van der Waals surface area contributed by atoms with Crippen LogP contribution < -0.4 is 4.74 Å². The highest BCUT2D eigenvalue weighted by atomic mass is 35.5. The summed E-state index contributed by atoms with van der Waals surface area (Å²) in [6, 6.07) is 5.01. The molecule has 1 rings (SSSR count). The number of benzene rings is 1. The fourth-order valence-corrected chi connectivity index (χ4v) is 2.45. The molecule has 126 valence electrons. The smallest absolute Gasteiger partial charge is 0.264 e. The second-order valence-corrected chi connectivity index (χ2v) is 8.37. The summed E-state index contributed by atoms with van der Waals surface area (Å²) < 4.78 is 32.4. The first-order valence-electron chi connectivity index (χ1n) is 6.90. The average Bonchev–Trinajstić information content (AvgIpc) is 2.35. The van der Waals surface area contributed by atoms with Gasteiger partial charge in [0.2, 0.25) is 0 Å². The van der Waals surface area contributed by atoms with Gasteiger partial charge in [-0.15, -0.1) is 0 Å². The molecule has 0 saturated carbocycles. The number of ether oxygens (including phenoxy) is 1. The molecule has 0 fully saturated rings. The zero-order valence-electron chi connectivity index (χ0n) is 13.5. The van der Waals surface area contributed by atoms with Crippen molar-refractivity contribution in [3.8, 4) is 5.75 Å². The lowest BCUT2D eigenvalue weighted by Gasteiger charge is -2.23. The summed E-state index contributed by atoms with van der Waals surface area (Å²) in [4.78, 5) is 0. The molecular weight excluding hydrogens is 328 g/mol. The van der Waals surface area contributed by atoms with Crippen LogP contribution >= 0.6 is 11.6 Å². The van der Waals surface area contributed by atoms with Crippen LogP contribution in [0.15, 0.2) is 18.2 Å². The Morgan fingerprint density at radius 3 is 2.36 bits per heavy atom. The predicted octanol–water partition coefficient (Wildman–Crippen LogP) is 3.16. The molecule has 0 aliphatic heterocycles. The molecular formula is C15H23ClO5S. The third kappa shape index (κ3) is 6.52. The Morgan fingerprint density at radius 1 is 1.32 bits per heavy atom. The van der Waals surface area contributed by atoms with Crippen molar-refractivity contribution in [2.45, 2.75) is 39.4 Å². The van der Waals surface area contributed by atoms with Crippen LogP contribution in [0.5, 0.6) is 5.75 Å². The number of aliphatic hydroxyl groups excluding tert-OH is 1. The normalized spacial score (nSPS) is 15.4. The van der Waals surface area contributed by atoms with Gasteiger partial charge in [0.25, 0.3) is 10.1 Å². The maximum Gasteiger partial charge on any atom is 0.264 e. The Labute approximate surface area is 137 Å². The molecule has 0 amide bonds. The van der Waals surface area contributed by atoms with Crippen LogP contribution in [-0.2, 0) is 14.3 Å². The number of hydrogen-bond acceptors (Lipinski definition) is 5. The van der Waals surface area contributed by atoms with E-state index in [1.165, 1.54) is 0 Å². The van der Waals surface area contributed by atoms with E-state index in [1.807, 2.05) is 20.8 Å². The first-order chi connectivity index (χ1) is 9.89. The highest BCUT2D eigenvalue weighted by molar-refractivity contribution is 7.85. The van der Waals surface area contributed by atoms with Crippen molar-refractivity contribution in [2.24, 2.45) is 5.92 Å². The van der Waals surface area contributed by atoms with Gasteiger partial charge < -0.3 is 9.84 Å². The Kier molecular flexibility index (Phi) is 6.27. The minimum absolute atomic E-state index is 0.0993. The zero-order chi connectivity index (χ0) is 17.1. The molecule has 0 heterocycles. The quantitative estimate of drug-likeness (QED) is 0.798. The van der Waals surface area contributed by atoms with Crippen LogP contribution in [0.3, 0.4) is 0 Å². The molecule has 0 aliphatic carbocycles. The van der Waals surface area contributed by atoms with Gasteiger partial charge in [-0.3, -0.25) is 4.18 Å². The molecule has 22 heavy (non-hydrogen) atoms. The second kappa shape index (κ2) is 7.17. The number of hydrogen-bond donors (Lipinski definition) is 1. The maximum absolute atomic E-state index is 11.0. The van der Waals surface area contributed by atoms with Gasteiger partial charge in [0.05, 0.1) is 24.0 Å². The van der Waals surface area contributed by atoms with Crippen molar-refractivity contribution in [2.75, 3.05) is 12.9 Å². The Hall–Kier alpha value is -0.820. The third-order valence-electron chi connectivity index (χ3n) is 2.80. The highest BCUT2D eigenvalue weighted by Gasteiger charge is 2.21. The number of rotatable bonds is 6. The Balaban J connectivity index is 2.82. The van der Waals surface area contributed by atoms with Crippen molar-refractivity contribution >= 4 is 21.7 Å². The second-order valence-electron chi connectivity index (χ2n) is 6.32. The monoisotopic (exact) mass is 350 g/mol. The van der Waals surface area contributed by atoms with E-state index >= 15 is 0 Å². The molecule has 1 N–H and O–H groups in total. The van der Waals surface area contributed by atoms with Crippen LogP contribution in [0.1, 0.15) is 39.4 Å². The number of halogens is 1. The van der Waals surface area contributed by atoms with Gasteiger partial charge >= 0.3 is 0 Å². The van der Waals surface area contributed by atoms with Gasteiger partial charge in [0.1, 0.15) is 11.4 Å². The molecule has 5 nitrogen and oxygen atoms in total. The predicted molar refractivity (Wildman–Crippen MR) is 86.8 cm³/mol. The van der Waals surface area contributed by atoms with E-state index in [0.29, 0.717) is 16.3 Å². The van der Waals surface area contributed by atoms with Gasteiger partial charge in [-0.1, -0.05) is 24.6 Å². The fourth-order valence-electron chi connectivity index (χ4n) is 1.76. The summed E-state index contributed by atoms with van der Waals surface area (Å²) in [7, 11) is -3.53. The lowest BCUT2D eigenvalue weighted by Crippen LogP contribution is -2.23. The molecule has 0 spiro atoms. The minimum Gasteiger partial charge on any atom is -0.487 e. The van der Waals surface area contributed by atoms with Crippen molar-refractivity contribution in [3.63, 3.8) is 0 Å². The van der Waals surface area contributed by atoms with E-state index in [2.05, 4.69) is 0 Å². The van der Waals surface area contributed by atoms with E-state index in [4.69, 9.17) is 20.5 Å². The molecule has 1 aromatic carbocycles. The average molecular weight is 351 g/mol. The van der Waals surface area contributed by atoms with Crippen molar-refractivity contribution < 1.29 is 22.4 Å². The van der Waals surface area contributed by atoms with Gasteiger partial charge in [-0.2, -0.15) is 8.42 Å². The van der Waals surface area contributed by atoms with E-state index < -0.39 is 22.1 Å². The van der Waals surface area contributed by atoms with Crippen molar-refractivity contribution in [1.82, 2.24) is 0 Å². The zero-order valence-corrected chi connectivity index (χ0v) is 15.0. The lowest BCUT2D eigenvalue weighted by molar-refractivity contribution is 0.0865. The molecule has 0 unspecified atom stereocenters. The van der Waals surface area contributed by atoms with Crippen molar-refractivity contribution in [3.05, 3.63) is 28.8 Å². The molecule has 0 saturated heterocycles. The first kappa shape index (κ1) is 19.2. The van der Waals surface area contributed by atoms with Gasteiger partial charge in [-0.05, 0) is 38.5 Å². The van der Waals surface area contributed by atoms with Gasteiger partial charge in [-0.25, -0.2) is 0 Å². The van der Waals surface area contributed by atoms with E-state index in [9.17, 15) is 13.5 Å². The van der Waals surface area contributed by atoms with Crippen LogP contribution in [-0.4, -0.2) is 32.0 Å². The topological polar surface area (TPSA) is 72.8 Å². The fraction of sp³-hybridized carbons (Fsp3) is 0.600. The molecule has 0 aromatic heterocycles. The maximum atomic E-state index is 11.0. The van der Waals surface area contributed by atoms with Gasteiger partial charge in [0.15, 0.2) is 0 Å². The molecule has 0 aliphatic rings. The first-order valence-corrected chi connectivity index (χ1v) is 9.09. The minimum atomic E-state index is -3.53. The summed E-state index contributed by atoms with van der Waals surface area (Å²) in [6.45, 7) is 7.34. The summed E-state index contributed by atoms with van der Waals surface area (Å²) in [5.41, 5.74) is 0.205. The standard InChI is InChI=1S/C15H23ClO5S/c1-10(9-20-22(5,18)19)14(17)11-6-7-13(12(16)8-11)21-15(2,3)4/h6-8,10,14,17H,9H2,1-5H3/t10-,14+/m1/s1. The van der Waals surface area contributed by atoms with Crippen molar-refractivity contribution in [1.29, 1.82) is 0 Å². The molecule has 1 aromatic rings. The molecule has 7 heteroatoms. The van der Waals surface area contributed by atoms with Crippen LogP contribution in [0.4, 0.5) is 0 Å². The molecule has 0 bridgehead atoms. The highest BCUT2D eigenvalue weighted by Crippen LogP contribution is 2.32. The van der Waals surface area contributed by atoms with Crippen LogP contribution in [0.25, 0.3) is 0 Å². The van der Waals surface area contributed by atoms with E-state index in [1.54, 1.807) is 25.1 Å². The SMILES string of the molecule is C[C@H](COS(C)(=O)=O)[C@H](O)c1ccc(OC(C)(C)C)c(Cl)c1. The van der Waals surface area contributed by atoms with E-state index in [0.717, 1.165) is 6.26 Å². The van der Waals surface area contributed by atoms with Gasteiger partial charge in [0, 0.05) is 5.92 Å². The summed E-state index contributed by atoms with van der Waals surface area (Å²) in [5, 5.41) is 10.7. The number of aliphatic hydroxyl groups is 1.